The third kappa shape index (κ3) is 4.81. The molecule has 2 heterocycles. The SMILES string of the molecule is O=C1CC(C(=O)Nc2cc(F)ccc2F)c2c(nc(SCc3ccc(Cl)cc3)[nH]c2=O)N1. The van der Waals surface area contributed by atoms with Crippen LogP contribution in [-0.2, 0) is 15.3 Å². The lowest BCUT2D eigenvalue weighted by Gasteiger charge is -2.23. The number of carbonyl (C=O) groups is 2. The summed E-state index contributed by atoms with van der Waals surface area (Å²) < 4.78 is 27.3. The smallest absolute Gasteiger partial charge is 0.257 e. The van der Waals surface area contributed by atoms with Crippen molar-refractivity contribution < 1.29 is 18.4 Å². The summed E-state index contributed by atoms with van der Waals surface area (Å²) >= 11 is 7.10. The number of hydrogen-bond acceptors (Lipinski definition) is 5. The summed E-state index contributed by atoms with van der Waals surface area (Å²) in [5.41, 5.74) is -0.0940. The van der Waals surface area contributed by atoms with Crippen molar-refractivity contribution in [3.63, 3.8) is 0 Å². The Bertz CT molecular complexity index is 1270. The molecule has 2 aromatic carbocycles. The lowest BCUT2D eigenvalue weighted by Crippen LogP contribution is -2.36. The molecule has 0 saturated carbocycles. The highest BCUT2D eigenvalue weighted by molar-refractivity contribution is 7.98. The Morgan fingerprint density at radius 1 is 1.19 bits per heavy atom. The molecule has 2 amide bonds. The van der Waals surface area contributed by atoms with Gasteiger partial charge in [-0.15, -0.1) is 0 Å². The van der Waals surface area contributed by atoms with Crippen molar-refractivity contribution in [1.29, 1.82) is 0 Å². The molecular weight excluding hydrogens is 462 g/mol. The second-order valence-corrected chi connectivity index (χ2v) is 8.37. The molecule has 3 aromatic rings. The first-order valence-corrected chi connectivity index (χ1v) is 10.7. The van der Waals surface area contributed by atoms with Gasteiger partial charge in [-0.2, -0.15) is 0 Å². The van der Waals surface area contributed by atoms with Crippen molar-refractivity contribution in [2.24, 2.45) is 0 Å². The van der Waals surface area contributed by atoms with Crippen LogP contribution in [0.1, 0.15) is 23.5 Å². The van der Waals surface area contributed by atoms with E-state index in [0.717, 1.165) is 23.8 Å². The van der Waals surface area contributed by atoms with Crippen LogP contribution in [-0.4, -0.2) is 21.8 Å². The van der Waals surface area contributed by atoms with Gasteiger partial charge in [0.25, 0.3) is 5.56 Å². The van der Waals surface area contributed by atoms with Gasteiger partial charge >= 0.3 is 0 Å². The van der Waals surface area contributed by atoms with E-state index < -0.39 is 34.9 Å². The molecule has 4 rings (SSSR count). The summed E-state index contributed by atoms with van der Waals surface area (Å²) in [6.45, 7) is 0. The number of halogens is 3. The number of carbonyl (C=O) groups excluding carboxylic acids is 2. The largest absolute Gasteiger partial charge is 0.323 e. The maximum atomic E-state index is 13.9. The second kappa shape index (κ2) is 9.09. The second-order valence-electron chi connectivity index (χ2n) is 6.97. The number of aromatic nitrogens is 2. The number of anilines is 2. The van der Waals surface area contributed by atoms with Crippen LogP contribution in [0.2, 0.25) is 5.02 Å². The summed E-state index contributed by atoms with van der Waals surface area (Å²) in [5, 5.41) is 5.60. The van der Waals surface area contributed by atoms with Crippen LogP contribution in [0.4, 0.5) is 20.3 Å². The van der Waals surface area contributed by atoms with Crippen molar-refractivity contribution in [1.82, 2.24) is 9.97 Å². The lowest BCUT2D eigenvalue weighted by molar-refractivity contribution is -0.123. The molecular formula is C21H15ClF2N4O3S. The van der Waals surface area contributed by atoms with Gasteiger partial charge in [0.15, 0.2) is 5.16 Å². The number of amides is 2. The molecule has 1 unspecified atom stereocenters. The van der Waals surface area contributed by atoms with Crippen LogP contribution in [0.5, 0.6) is 0 Å². The highest BCUT2D eigenvalue weighted by atomic mass is 35.5. The Hall–Kier alpha value is -3.24. The Kier molecular flexibility index (Phi) is 6.24. The molecule has 0 radical (unpaired) electrons. The van der Waals surface area contributed by atoms with Crippen LogP contribution in [0.15, 0.2) is 52.4 Å². The number of rotatable bonds is 5. The average Bonchev–Trinajstić information content (AvgIpc) is 2.75. The fraction of sp³-hybridized carbons (Fsp3) is 0.143. The van der Waals surface area contributed by atoms with Crippen LogP contribution in [0, 0.1) is 11.6 Å². The molecule has 1 atom stereocenters. The maximum absolute atomic E-state index is 13.9. The third-order valence-corrected chi connectivity index (χ3v) is 5.92. The minimum absolute atomic E-state index is 0.0385. The summed E-state index contributed by atoms with van der Waals surface area (Å²) in [4.78, 5) is 44.5. The normalized spacial score (nSPS) is 15.1. The number of fused-ring (bicyclic) bond motifs is 1. The molecule has 0 fully saturated rings. The van der Waals surface area contributed by atoms with Gasteiger partial charge in [0, 0.05) is 23.3 Å². The van der Waals surface area contributed by atoms with Crippen molar-refractivity contribution in [2.75, 3.05) is 10.6 Å². The van der Waals surface area contributed by atoms with Crippen molar-refractivity contribution in [3.05, 3.63) is 80.6 Å². The van der Waals surface area contributed by atoms with Gasteiger partial charge in [-0.1, -0.05) is 35.5 Å². The Balaban J connectivity index is 1.58. The zero-order valence-corrected chi connectivity index (χ0v) is 17.8. The zero-order chi connectivity index (χ0) is 22.8. The van der Waals surface area contributed by atoms with E-state index in [0.29, 0.717) is 10.8 Å². The number of H-pyrrole nitrogens is 1. The molecule has 7 nitrogen and oxygen atoms in total. The van der Waals surface area contributed by atoms with Gasteiger partial charge < -0.3 is 15.6 Å². The Morgan fingerprint density at radius 2 is 1.94 bits per heavy atom. The monoisotopic (exact) mass is 476 g/mol. The maximum Gasteiger partial charge on any atom is 0.257 e. The lowest BCUT2D eigenvalue weighted by atomic mass is 9.92. The minimum Gasteiger partial charge on any atom is -0.323 e. The highest BCUT2D eigenvalue weighted by Gasteiger charge is 2.35. The van der Waals surface area contributed by atoms with E-state index in [1.54, 1.807) is 12.1 Å². The molecule has 0 bridgehead atoms. The minimum atomic E-state index is -1.21. The van der Waals surface area contributed by atoms with E-state index in [-0.39, 0.29) is 28.6 Å². The molecule has 0 aliphatic carbocycles. The van der Waals surface area contributed by atoms with Crippen LogP contribution in [0.3, 0.4) is 0 Å². The molecule has 0 saturated heterocycles. The molecule has 0 spiro atoms. The average molecular weight is 477 g/mol. The van der Waals surface area contributed by atoms with E-state index in [9.17, 15) is 23.2 Å². The first kappa shape index (κ1) is 22.0. The fourth-order valence-electron chi connectivity index (χ4n) is 3.19. The summed E-state index contributed by atoms with van der Waals surface area (Å²) in [6, 6.07) is 9.74. The predicted octanol–water partition coefficient (Wildman–Crippen LogP) is 4.06. The van der Waals surface area contributed by atoms with Gasteiger partial charge in [-0.05, 0) is 29.8 Å². The fourth-order valence-corrected chi connectivity index (χ4v) is 4.13. The molecule has 164 valence electrons. The van der Waals surface area contributed by atoms with Crippen LogP contribution < -0.4 is 16.2 Å². The quantitative estimate of drug-likeness (QED) is 0.380. The Labute approximate surface area is 189 Å². The molecule has 1 aliphatic heterocycles. The topological polar surface area (TPSA) is 104 Å². The number of thioether (sulfide) groups is 1. The van der Waals surface area contributed by atoms with E-state index in [2.05, 4.69) is 20.6 Å². The van der Waals surface area contributed by atoms with Gasteiger partial charge in [-0.3, -0.25) is 14.4 Å². The van der Waals surface area contributed by atoms with E-state index in [1.165, 1.54) is 11.8 Å². The first-order chi connectivity index (χ1) is 15.3. The standard InChI is InChI=1S/C21H15ClF2N4O3S/c22-11-3-1-10(2-4-11)9-32-21-27-18-17(20(31)28-21)13(8-16(29)26-18)19(30)25-15-7-12(23)5-6-14(15)24/h1-7,13H,8-9H2,(H,25,30)(H2,26,27,28,29,31). The Morgan fingerprint density at radius 3 is 2.69 bits per heavy atom. The van der Waals surface area contributed by atoms with Gasteiger partial charge in [0.05, 0.1) is 17.2 Å². The summed E-state index contributed by atoms with van der Waals surface area (Å²) in [7, 11) is 0. The number of benzene rings is 2. The summed E-state index contributed by atoms with van der Waals surface area (Å²) in [6.07, 6.45) is -0.336. The van der Waals surface area contributed by atoms with Crippen LogP contribution >= 0.6 is 23.4 Å². The van der Waals surface area contributed by atoms with Crippen molar-refractivity contribution in [2.45, 2.75) is 23.2 Å². The molecule has 32 heavy (non-hydrogen) atoms. The zero-order valence-electron chi connectivity index (χ0n) is 16.2. The molecule has 1 aromatic heterocycles. The van der Waals surface area contributed by atoms with Crippen LogP contribution in [0.25, 0.3) is 0 Å². The molecule has 11 heteroatoms. The number of hydrogen-bond donors (Lipinski definition) is 3. The molecule has 1 aliphatic rings. The third-order valence-electron chi connectivity index (χ3n) is 4.72. The van der Waals surface area contributed by atoms with E-state index in [4.69, 9.17) is 11.6 Å². The van der Waals surface area contributed by atoms with Crippen molar-refractivity contribution >= 4 is 46.7 Å². The summed E-state index contributed by atoms with van der Waals surface area (Å²) in [5.74, 6) is -3.71. The van der Waals surface area contributed by atoms with E-state index >= 15 is 0 Å². The number of aromatic amines is 1. The van der Waals surface area contributed by atoms with Gasteiger partial charge in [0.2, 0.25) is 11.8 Å². The number of nitrogens with one attached hydrogen (secondary N) is 3. The van der Waals surface area contributed by atoms with Crippen molar-refractivity contribution in [3.8, 4) is 0 Å². The van der Waals surface area contributed by atoms with E-state index in [1.807, 2.05) is 12.1 Å². The predicted molar refractivity (Wildman–Crippen MR) is 117 cm³/mol. The number of nitrogens with zero attached hydrogens (tertiary/aromatic N) is 1. The van der Waals surface area contributed by atoms with Gasteiger partial charge in [0.1, 0.15) is 17.5 Å². The highest BCUT2D eigenvalue weighted by Crippen LogP contribution is 2.31. The first-order valence-electron chi connectivity index (χ1n) is 9.37. The van der Waals surface area contributed by atoms with Gasteiger partial charge in [-0.25, -0.2) is 13.8 Å². The molecule has 3 N–H and O–H groups in total.